The van der Waals surface area contributed by atoms with Gasteiger partial charge in [0.25, 0.3) is 0 Å². The van der Waals surface area contributed by atoms with Crippen LogP contribution in [0, 0.1) is 11.3 Å². The van der Waals surface area contributed by atoms with Crippen molar-refractivity contribution in [2.45, 2.75) is 38.0 Å². The molecule has 0 fully saturated rings. The van der Waals surface area contributed by atoms with Crippen LogP contribution in [0.4, 0.5) is 0 Å². The lowest BCUT2D eigenvalue weighted by molar-refractivity contribution is 0.139. The summed E-state index contributed by atoms with van der Waals surface area (Å²) in [4.78, 5) is 7.86. The first kappa shape index (κ1) is 17.4. The number of sulfone groups is 1. The normalized spacial score (nSPS) is 16.3. The maximum atomic E-state index is 12.7. The van der Waals surface area contributed by atoms with E-state index in [1.54, 1.807) is 12.1 Å². The number of aromatic nitrogens is 2. The van der Waals surface area contributed by atoms with Gasteiger partial charge in [-0.15, -0.1) is 0 Å². The molecule has 23 heavy (non-hydrogen) atoms. The Bertz CT molecular complexity index is 794. The minimum absolute atomic E-state index is 0.0260. The number of nitriles is 1. The molecule has 1 aromatic rings. The third-order valence-electron chi connectivity index (χ3n) is 3.18. The van der Waals surface area contributed by atoms with Crippen molar-refractivity contribution >= 4 is 21.4 Å². The molecule has 1 aliphatic carbocycles. The minimum Gasteiger partial charge on any atom is -0.495 e. The van der Waals surface area contributed by atoms with Crippen molar-refractivity contribution in [3.05, 3.63) is 46.1 Å². The Morgan fingerprint density at radius 2 is 1.96 bits per heavy atom. The highest BCUT2D eigenvalue weighted by Crippen LogP contribution is 2.34. The first-order chi connectivity index (χ1) is 10.9. The molecule has 0 saturated heterocycles. The molecule has 1 aromatic heterocycles. The Labute approximate surface area is 140 Å². The van der Waals surface area contributed by atoms with Crippen LogP contribution in [0.25, 0.3) is 0 Å². The maximum Gasteiger partial charge on any atom is 0.196 e. The highest BCUT2D eigenvalue weighted by atomic mass is 35.5. The van der Waals surface area contributed by atoms with Crippen molar-refractivity contribution in [1.29, 1.82) is 5.26 Å². The Balaban J connectivity index is 2.35. The number of nitrogens with zero attached hydrogens (tertiary/aromatic N) is 3. The third kappa shape index (κ3) is 3.89. The second-order valence-electron chi connectivity index (χ2n) is 5.22. The summed E-state index contributed by atoms with van der Waals surface area (Å²) in [6.45, 7) is 3.80. The fraction of sp³-hybridized carbons (Fsp3) is 0.400. The summed E-state index contributed by atoms with van der Waals surface area (Å²) in [7, 11) is -3.89. The van der Waals surface area contributed by atoms with Crippen LogP contribution in [0.1, 0.15) is 37.6 Å². The van der Waals surface area contributed by atoms with Crippen LogP contribution < -0.4 is 0 Å². The summed E-state index contributed by atoms with van der Waals surface area (Å²) >= 11 is 5.88. The van der Waals surface area contributed by atoms with E-state index in [9.17, 15) is 13.7 Å². The molecule has 0 N–H and O–H groups in total. The van der Waals surface area contributed by atoms with E-state index in [2.05, 4.69) is 9.97 Å². The van der Waals surface area contributed by atoms with Crippen molar-refractivity contribution in [3.63, 3.8) is 0 Å². The smallest absolute Gasteiger partial charge is 0.196 e. The molecule has 8 heteroatoms. The van der Waals surface area contributed by atoms with E-state index in [1.165, 1.54) is 18.5 Å². The largest absolute Gasteiger partial charge is 0.495 e. The summed E-state index contributed by atoms with van der Waals surface area (Å²) in [6.07, 6.45) is 6.52. The van der Waals surface area contributed by atoms with Crippen LogP contribution in [0.15, 0.2) is 35.2 Å². The molecular weight excluding hydrogens is 338 g/mol. The monoisotopic (exact) mass is 353 g/mol. The molecule has 0 aromatic carbocycles. The number of ether oxygens (including phenoxy) is 1. The topological polar surface area (TPSA) is 92.9 Å². The van der Waals surface area contributed by atoms with E-state index >= 15 is 0 Å². The van der Waals surface area contributed by atoms with E-state index in [0.29, 0.717) is 6.42 Å². The quantitative estimate of drug-likeness (QED) is 0.807. The number of hydrogen-bond donors (Lipinski definition) is 0. The van der Waals surface area contributed by atoms with Crippen molar-refractivity contribution in [2.24, 2.45) is 0 Å². The molecule has 0 saturated carbocycles. The van der Waals surface area contributed by atoms with E-state index in [1.807, 2.05) is 13.8 Å². The molecule has 6 nitrogen and oxygen atoms in total. The molecule has 0 spiro atoms. The van der Waals surface area contributed by atoms with Gasteiger partial charge in [-0.1, -0.05) is 11.6 Å². The molecule has 1 heterocycles. The van der Waals surface area contributed by atoms with Gasteiger partial charge in [0.1, 0.15) is 5.69 Å². The Morgan fingerprint density at radius 3 is 2.48 bits per heavy atom. The Hall–Kier alpha value is -1.91. The van der Waals surface area contributed by atoms with Gasteiger partial charge in [0.15, 0.2) is 20.2 Å². The second-order valence-corrected chi connectivity index (χ2v) is 7.66. The second kappa shape index (κ2) is 7.11. The fourth-order valence-corrected chi connectivity index (χ4v) is 4.00. The van der Waals surface area contributed by atoms with Crippen LogP contribution in [0.3, 0.4) is 0 Å². The van der Waals surface area contributed by atoms with Crippen LogP contribution in [0.5, 0.6) is 0 Å². The summed E-state index contributed by atoms with van der Waals surface area (Å²) < 4.78 is 31.0. The van der Waals surface area contributed by atoms with Crippen molar-refractivity contribution < 1.29 is 13.2 Å². The number of hydrogen-bond acceptors (Lipinski definition) is 6. The van der Waals surface area contributed by atoms with Crippen LogP contribution in [-0.4, -0.2) is 24.5 Å². The van der Waals surface area contributed by atoms with Crippen LogP contribution >= 0.6 is 11.6 Å². The number of halogens is 1. The molecule has 122 valence electrons. The lowest BCUT2D eigenvalue weighted by Gasteiger charge is -2.19. The number of allylic oxidation sites excluding steroid dienone is 4. The molecule has 0 bridgehead atoms. The predicted molar refractivity (Wildman–Crippen MR) is 85.9 cm³/mol. The first-order valence-electron chi connectivity index (χ1n) is 7.02. The van der Waals surface area contributed by atoms with Crippen molar-refractivity contribution in [2.75, 3.05) is 0 Å². The first-order valence-corrected chi connectivity index (χ1v) is 8.95. The molecule has 1 unspecified atom stereocenters. The summed E-state index contributed by atoms with van der Waals surface area (Å²) in [5, 5.41) is 7.76. The predicted octanol–water partition coefficient (Wildman–Crippen LogP) is 3.10. The van der Waals surface area contributed by atoms with Crippen LogP contribution in [0.2, 0.25) is 5.15 Å². The van der Waals surface area contributed by atoms with E-state index in [0.717, 1.165) is 5.76 Å². The maximum absolute atomic E-state index is 12.7. The summed E-state index contributed by atoms with van der Waals surface area (Å²) in [5.41, 5.74) is -0.0502. The molecular formula is C15H16ClN3O3S. The van der Waals surface area contributed by atoms with Gasteiger partial charge in [-0.3, -0.25) is 4.98 Å². The van der Waals surface area contributed by atoms with Crippen molar-refractivity contribution in [3.8, 4) is 6.07 Å². The zero-order chi connectivity index (χ0) is 17.0. The van der Waals surface area contributed by atoms with Gasteiger partial charge < -0.3 is 4.74 Å². The van der Waals surface area contributed by atoms with E-state index in [-0.39, 0.29) is 28.3 Å². The zero-order valence-corrected chi connectivity index (χ0v) is 14.3. The van der Waals surface area contributed by atoms with E-state index < -0.39 is 15.1 Å². The molecule has 1 aliphatic rings. The average Bonchev–Trinajstić information content (AvgIpc) is 2.49. The highest BCUT2D eigenvalue weighted by molar-refractivity contribution is 7.95. The lowest BCUT2D eigenvalue weighted by atomic mass is 10.1. The fourth-order valence-electron chi connectivity index (χ4n) is 2.17. The standard InChI is InChI=1S/C15H16ClN3O3S/c1-10(2)22-11-3-5-12(6-4-11)23(20,21)13(9-17)14-15(16)19-8-7-18-14/h3,5,7-8,10,13H,4,6H2,1-2H3. The van der Waals surface area contributed by atoms with Gasteiger partial charge in [0, 0.05) is 23.7 Å². The molecule has 2 rings (SSSR count). The number of rotatable bonds is 5. The van der Waals surface area contributed by atoms with Gasteiger partial charge >= 0.3 is 0 Å². The Kier molecular flexibility index (Phi) is 5.39. The third-order valence-corrected chi connectivity index (χ3v) is 5.49. The summed E-state index contributed by atoms with van der Waals surface area (Å²) in [5.74, 6) is 0.727. The van der Waals surface area contributed by atoms with Gasteiger partial charge in [0.2, 0.25) is 0 Å². The minimum atomic E-state index is -3.89. The highest BCUT2D eigenvalue weighted by Gasteiger charge is 2.34. The summed E-state index contributed by atoms with van der Waals surface area (Å²) in [6, 6.07) is 1.77. The van der Waals surface area contributed by atoms with Gasteiger partial charge in [-0.05, 0) is 32.4 Å². The van der Waals surface area contributed by atoms with Gasteiger partial charge in [0.05, 0.1) is 17.9 Å². The lowest BCUT2D eigenvalue weighted by Crippen LogP contribution is -2.18. The van der Waals surface area contributed by atoms with Gasteiger partial charge in [-0.2, -0.15) is 5.26 Å². The molecule has 0 aliphatic heterocycles. The van der Waals surface area contributed by atoms with E-state index in [4.69, 9.17) is 16.3 Å². The van der Waals surface area contributed by atoms with Crippen molar-refractivity contribution in [1.82, 2.24) is 9.97 Å². The Morgan fingerprint density at radius 1 is 1.26 bits per heavy atom. The molecule has 1 atom stereocenters. The van der Waals surface area contributed by atoms with Crippen LogP contribution in [-0.2, 0) is 14.6 Å². The average molecular weight is 354 g/mol. The molecule has 0 amide bonds. The zero-order valence-electron chi connectivity index (χ0n) is 12.7. The molecule has 0 radical (unpaired) electrons. The van der Waals surface area contributed by atoms with Gasteiger partial charge in [-0.25, -0.2) is 13.4 Å². The SMILES string of the molecule is CC(C)OC1=CC=C(S(=O)(=O)C(C#N)c2nccnc2Cl)CC1.